The van der Waals surface area contributed by atoms with E-state index in [2.05, 4.69) is 14.7 Å². The molecule has 9 heteroatoms. The predicted octanol–water partition coefficient (Wildman–Crippen LogP) is -1.60. The van der Waals surface area contributed by atoms with Crippen molar-refractivity contribution in [3.8, 4) is 0 Å². The van der Waals surface area contributed by atoms with Crippen molar-refractivity contribution in [2.45, 2.75) is 30.6 Å². The monoisotopic (exact) mass is 277 g/mol. The molecule has 102 valence electrons. The maximum absolute atomic E-state index is 10.0. The van der Waals surface area contributed by atoms with E-state index >= 15 is 0 Å². The molecule has 1 aromatic rings. The molecule has 4 N–H and O–H groups in total. The minimum absolute atomic E-state index is 0.399. The quantitative estimate of drug-likeness (QED) is 0.520. The summed E-state index contributed by atoms with van der Waals surface area (Å²) in [6.07, 6.45) is -2.66. The molecule has 0 radical (unpaired) electrons. The van der Waals surface area contributed by atoms with Crippen LogP contribution in [0.15, 0.2) is 6.33 Å². The molecule has 1 saturated heterocycles. The number of rotatable bonds is 4. The van der Waals surface area contributed by atoms with Gasteiger partial charge in [-0.15, -0.1) is 0 Å². The van der Waals surface area contributed by atoms with Crippen molar-refractivity contribution in [2.75, 3.05) is 19.0 Å². The van der Waals surface area contributed by atoms with Gasteiger partial charge >= 0.3 is 0 Å². The van der Waals surface area contributed by atoms with Crippen molar-refractivity contribution in [1.29, 1.82) is 0 Å². The van der Waals surface area contributed by atoms with E-state index in [1.807, 2.05) is 0 Å². The molecule has 18 heavy (non-hydrogen) atoms. The van der Waals surface area contributed by atoms with Gasteiger partial charge in [0.15, 0.2) is 6.29 Å². The van der Waals surface area contributed by atoms with E-state index in [-0.39, 0.29) is 0 Å². The Morgan fingerprint density at radius 1 is 1.50 bits per heavy atom. The number of aliphatic hydroxyl groups excluding tert-OH is 3. The maximum atomic E-state index is 10.0. The molecule has 5 atom stereocenters. The zero-order valence-corrected chi connectivity index (χ0v) is 10.4. The molecule has 1 fully saturated rings. The molecular formula is C9H15N3O5S. The van der Waals surface area contributed by atoms with Gasteiger partial charge in [0.05, 0.1) is 6.61 Å². The molecule has 1 aliphatic rings. The number of ether oxygens (including phenoxy) is 2. The second kappa shape index (κ2) is 5.87. The third kappa shape index (κ3) is 2.60. The standard InChI is InChI=1S/C9H15N3O5S/c1-16-8-5(12-9-10-3-11-18-9)7(15)6(14)4(2-13)17-8/h3-8,13-15H,2H2,1H3,(H,10,11,12)/t4-,5-,6+,7-,8?/m1/s1. The van der Waals surface area contributed by atoms with Crippen LogP contribution in [-0.2, 0) is 9.47 Å². The Labute approximate surface area is 107 Å². The number of methoxy groups -OCH3 is 1. The number of hydrogen-bond donors (Lipinski definition) is 4. The SMILES string of the molecule is COC1O[C@H](CO)[C@H](O)[C@H](O)[C@H]1Nc1ncns1. The highest BCUT2D eigenvalue weighted by Gasteiger charge is 2.44. The number of nitrogens with zero attached hydrogens (tertiary/aromatic N) is 2. The van der Waals surface area contributed by atoms with Gasteiger partial charge in [0.25, 0.3) is 0 Å². The Hall–Kier alpha value is -0.840. The van der Waals surface area contributed by atoms with Gasteiger partial charge in [-0.1, -0.05) is 0 Å². The average molecular weight is 277 g/mol. The molecule has 1 aliphatic heterocycles. The summed E-state index contributed by atoms with van der Waals surface area (Å²) in [7, 11) is 1.41. The van der Waals surface area contributed by atoms with Crippen molar-refractivity contribution in [2.24, 2.45) is 0 Å². The smallest absolute Gasteiger partial charge is 0.202 e. The van der Waals surface area contributed by atoms with Gasteiger partial charge in [-0.2, -0.15) is 4.37 Å². The molecular weight excluding hydrogens is 262 g/mol. The topological polar surface area (TPSA) is 117 Å². The second-order valence-electron chi connectivity index (χ2n) is 3.86. The van der Waals surface area contributed by atoms with E-state index in [0.717, 1.165) is 11.5 Å². The lowest BCUT2D eigenvalue weighted by Gasteiger charge is -2.41. The van der Waals surface area contributed by atoms with Gasteiger partial charge < -0.3 is 30.1 Å². The Balaban J connectivity index is 2.11. The summed E-state index contributed by atoms with van der Waals surface area (Å²) in [4.78, 5) is 3.92. The van der Waals surface area contributed by atoms with Crippen LogP contribution in [0.1, 0.15) is 0 Å². The number of hydrogen-bond acceptors (Lipinski definition) is 9. The second-order valence-corrected chi connectivity index (χ2v) is 4.64. The summed E-state index contributed by atoms with van der Waals surface area (Å²) in [6, 6.07) is -0.694. The first-order valence-corrected chi connectivity index (χ1v) is 6.13. The number of nitrogens with one attached hydrogen (secondary N) is 1. The fraction of sp³-hybridized carbons (Fsp3) is 0.778. The van der Waals surface area contributed by atoms with E-state index in [4.69, 9.17) is 14.6 Å². The van der Waals surface area contributed by atoms with Gasteiger partial charge in [-0.25, -0.2) is 4.98 Å². The lowest BCUT2D eigenvalue weighted by Crippen LogP contribution is -2.61. The van der Waals surface area contributed by atoms with E-state index in [1.165, 1.54) is 13.4 Å². The van der Waals surface area contributed by atoms with Gasteiger partial charge in [0.2, 0.25) is 5.13 Å². The van der Waals surface area contributed by atoms with Gasteiger partial charge in [-0.3, -0.25) is 0 Å². The minimum Gasteiger partial charge on any atom is -0.394 e. The molecule has 0 bridgehead atoms. The maximum Gasteiger partial charge on any atom is 0.202 e. The first-order chi connectivity index (χ1) is 8.67. The molecule has 2 rings (SSSR count). The van der Waals surface area contributed by atoms with Crippen LogP contribution < -0.4 is 5.32 Å². The zero-order chi connectivity index (χ0) is 13.1. The highest BCUT2D eigenvalue weighted by Crippen LogP contribution is 2.24. The molecule has 1 unspecified atom stereocenters. The third-order valence-electron chi connectivity index (χ3n) is 2.76. The highest BCUT2D eigenvalue weighted by molar-refractivity contribution is 7.09. The van der Waals surface area contributed by atoms with Crippen LogP contribution in [0.3, 0.4) is 0 Å². The number of anilines is 1. The van der Waals surface area contributed by atoms with E-state index < -0.39 is 37.3 Å². The minimum atomic E-state index is -1.20. The molecule has 0 saturated carbocycles. The summed E-state index contributed by atoms with van der Waals surface area (Å²) >= 11 is 1.11. The zero-order valence-electron chi connectivity index (χ0n) is 9.63. The lowest BCUT2D eigenvalue weighted by atomic mass is 9.97. The summed E-state index contributed by atoms with van der Waals surface area (Å²) in [5.41, 5.74) is 0. The summed E-state index contributed by atoms with van der Waals surface area (Å²) < 4.78 is 14.2. The normalized spacial score (nSPS) is 36.6. The summed E-state index contributed by atoms with van der Waals surface area (Å²) in [5, 5.41) is 32.2. The van der Waals surface area contributed by atoms with Crippen LogP contribution in [0.5, 0.6) is 0 Å². The molecule has 8 nitrogen and oxygen atoms in total. The molecule has 0 amide bonds. The average Bonchev–Trinajstić information content (AvgIpc) is 2.88. The number of aromatic nitrogens is 2. The highest BCUT2D eigenvalue weighted by atomic mass is 32.1. The molecule has 0 aromatic carbocycles. The van der Waals surface area contributed by atoms with Gasteiger partial charge in [0.1, 0.15) is 30.7 Å². The van der Waals surface area contributed by atoms with E-state index in [0.29, 0.717) is 5.13 Å². The number of aliphatic hydroxyl groups is 3. The van der Waals surface area contributed by atoms with Crippen molar-refractivity contribution in [1.82, 2.24) is 9.36 Å². The fourth-order valence-corrected chi connectivity index (χ4v) is 2.29. The Morgan fingerprint density at radius 2 is 2.28 bits per heavy atom. The molecule has 2 heterocycles. The fourth-order valence-electron chi connectivity index (χ4n) is 1.82. The van der Waals surface area contributed by atoms with Crippen LogP contribution in [0.25, 0.3) is 0 Å². The van der Waals surface area contributed by atoms with Crippen molar-refractivity contribution in [3.05, 3.63) is 6.33 Å². The van der Waals surface area contributed by atoms with Crippen LogP contribution in [0, 0.1) is 0 Å². The molecule has 1 aromatic heterocycles. The third-order valence-corrected chi connectivity index (χ3v) is 3.36. The molecule has 0 spiro atoms. The van der Waals surface area contributed by atoms with Crippen molar-refractivity contribution < 1.29 is 24.8 Å². The van der Waals surface area contributed by atoms with Gasteiger partial charge in [0, 0.05) is 18.6 Å². The van der Waals surface area contributed by atoms with E-state index in [1.54, 1.807) is 0 Å². The van der Waals surface area contributed by atoms with Crippen molar-refractivity contribution in [3.63, 3.8) is 0 Å². The van der Waals surface area contributed by atoms with Crippen LogP contribution in [-0.4, -0.2) is 69.0 Å². The first-order valence-electron chi connectivity index (χ1n) is 5.35. The van der Waals surface area contributed by atoms with E-state index in [9.17, 15) is 10.2 Å². The Bertz CT molecular complexity index is 363. The van der Waals surface area contributed by atoms with Gasteiger partial charge in [-0.05, 0) is 0 Å². The molecule has 0 aliphatic carbocycles. The Morgan fingerprint density at radius 3 is 2.83 bits per heavy atom. The lowest BCUT2D eigenvalue weighted by molar-refractivity contribution is -0.254. The van der Waals surface area contributed by atoms with Crippen LogP contribution in [0.4, 0.5) is 5.13 Å². The largest absolute Gasteiger partial charge is 0.394 e. The first kappa shape index (κ1) is 13.6. The van der Waals surface area contributed by atoms with Crippen LogP contribution >= 0.6 is 11.5 Å². The van der Waals surface area contributed by atoms with Crippen molar-refractivity contribution >= 4 is 16.7 Å². The Kier molecular flexibility index (Phi) is 4.43. The summed E-state index contributed by atoms with van der Waals surface area (Å²) in [6.45, 7) is -0.399. The summed E-state index contributed by atoms with van der Waals surface area (Å²) in [5.74, 6) is 0. The predicted molar refractivity (Wildman–Crippen MR) is 62.1 cm³/mol. The van der Waals surface area contributed by atoms with Crippen LogP contribution in [0.2, 0.25) is 0 Å².